The number of halogens is 1. The van der Waals surface area contributed by atoms with Gasteiger partial charge >= 0.3 is 0 Å². The predicted octanol–water partition coefficient (Wildman–Crippen LogP) is 5.26. The molecule has 0 radical (unpaired) electrons. The first-order valence-electron chi connectivity index (χ1n) is 6.52. The van der Waals surface area contributed by atoms with E-state index in [2.05, 4.69) is 22.3 Å². The first-order valence-corrected chi connectivity index (χ1v) is 9.26. The highest BCUT2D eigenvalue weighted by molar-refractivity contribution is 8.00. The molecule has 2 aromatic heterocycles. The summed E-state index contributed by atoms with van der Waals surface area (Å²) >= 11 is 5.02. The fourth-order valence-electron chi connectivity index (χ4n) is 1.79. The van der Waals surface area contributed by atoms with Crippen LogP contribution >= 0.6 is 34.4 Å². The zero-order chi connectivity index (χ0) is 14.7. The molecule has 0 fully saturated rings. The Morgan fingerprint density at radius 1 is 1.10 bits per heavy atom. The minimum atomic E-state index is -0.223. The van der Waals surface area contributed by atoms with Crippen molar-refractivity contribution in [2.45, 2.75) is 23.4 Å². The van der Waals surface area contributed by atoms with E-state index in [1.165, 1.54) is 17.1 Å². The van der Waals surface area contributed by atoms with E-state index in [0.29, 0.717) is 0 Å². The smallest absolute Gasteiger partial charge is 0.150 e. The molecule has 0 aliphatic rings. The molecule has 2 nitrogen and oxygen atoms in total. The highest BCUT2D eigenvalue weighted by atomic mass is 32.2. The van der Waals surface area contributed by atoms with E-state index in [1.54, 1.807) is 46.6 Å². The maximum absolute atomic E-state index is 12.9. The van der Waals surface area contributed by atoms with Gasteiger partial charge in [0.1, 0.15) is 5.82 Å². The van der Waals surface area contributed by atoms with Crippen LogP contribution in [0, 0.1) is 5.82 Å². The van der Waals surface area contributed by atoms with Gasteiger partial charge in [-0.25, -0.2) is 14.4 Å². The summed E-state index contributed by atoms with van der Waals surface area (Å²) in [5.41, 5.74) is 2.96. The van der Waals surface area contributed by atoms with Crippen molar-refractivity contribution in [3.05, 3.63) is 51.5 Å². The Morgan fingerprint density at radius 3 is 2.62 bits per heavy atom. The van der Waals surface area contributed by atoms with Crippen LogP contribution in [0.15, 0.2) is 39.4 Å². The molecular weight excluding hydrogens is 323 g/mol. The third-order valence-corrected chi connectivity index (χ3v) is 5.96. The molecule has 0 atom stereocenters. The number of thiazole rings is 2. The SMILES string of the molecule is CCc1nc(CSc2nc(-c3ccc(F)cc3)cs2)cs1. The molecule has 6 heteroatoms. The average molecular weight is 336 g/mol. The molecule has 108 valence electrons. The molecule has 0 saturated heterocycles. The first kappa shape index (κ1) is 14.7. The van der Waals surface area contributed by atoms with Crippen molar-refractivity contribution in [1.82, 2.24) is 9.97 Å². The molecule has 0 unspecified atom stereocenters. The van der Waals surface area contributed by atoms with Crippen LogP contribution in [0.4, 0.5) is 4.39 Å². The summed E-state index contributed by atoms with van der Waals surface area (Å²) in [6, 6.07) is 6.44. The summed E-state index contributed by atoms with van der Waals surface area (Å²) in [4.78, 5) is 9.14. The van der Waals surface area contributed by atoms with E-state index in [9.17, 15) is 4.39 Å². The number of nitrogens with zero attached hydrogens (tertiary/aromatic N) is 2. The third-order valence-electron chi connectivity index (χ3n) is 2.87. The lowest BCUT2D eigenvalue weighted by atomic mass is 10.2. The molecule has 3 aromatic rings. The van der Waals surface area contributed by atoms with Gasteiger partial charge < -0.3 is 0 Å². The van der Waals surface area contributed by atoms with Gasteiger partial charge in [0, 0.05) is 22.1 Å². The quantitative estimate of drug-likeness (QED) is 0.594. The van der Waals surface area contributed by atoms with Gasteiger partial charge in [-0.2, -0.15) is 0 Å². The van der Waals surface area contributed by atoms with Crippen molar-refractivity contribution in [1.29, 1.82) is 0 Å². The third kappa shape index (κ3) is 3.70. The Morgan fingerprint density at radius 2 is 1.90 bits per heavy atom. The lowest BCUT2D eigenvalue weighted by Gasteiger charge is -1.96. The monoisotopic (exact) mass is 336 g/mol. The van der Waals surface area contributed by atoms with E-state index in [4.69, 9.17) is 0 Å². The van der Waals surface area contributed by atoms with Crippen molar-refractivity contribution in [3.8, 4) is 11.3 Å². The first-order chi connectivity index (χ1) is 10.2. The predicted molar refractivity (Wildman–Crippen MR) is 88.6 cm³/mol. The Bertz CT molecular complexity index is 719. The number of aromatic nitrogens is 2. The number of hydrogen-bond donors (Lipinski definition) is 0. The fraction of sp³-hybridized carbons (Fsp3) is 0.200. The lowest BCUT2D eigenvalue weighted by molar-refractivity contribution is 0.628. The highest BCUT2D eigenvalue weighted by Gasteiger charge is 2.07. The number of aryl methyl sites for hydroxylation is 1. The van der Waals surface area contributed by atoms with Crippen molar-refractivity contribution in [3.63, 3.8) is 0 Å². The van der Waals surface area contributed by atoms with Crippen molar-refractivity contribution >= 4 is 34.4 Å². The zero-order valence-electron chi connectivity index (χ0n) is 11.4. The maximum atomic E-state index is 12.9. The normalized spacial score (nSPS) is 11.0. The second-order valence-electron chi connectivity index (χ2n) is 4.38. The van der Waals surface area contributed by atoms with Crippen molar-refractivity contribution in [2.24, 2.45) is 0 Å². The van der Waals surface area contributed by atoms with Crippen LogP contribution in [0.25, 0.3) is 11.3 Å². The van der Waals surface area contributed by atoms with Crippen LogP contribution in [-0.4, -0.2) is 9.97 Å². The number of rotatable bonds is 5. The van der Waals surface area contributed by atoms with Gasteiger partial charge in [-0.1, -0.05) is 18.7 Å². The molecule has 0 bridgehead atoms. The molecule has 0 aliphatic carbocycles. The molecule has 0 aliphatic heterocycles. The molecular formula is C15H13FN2S3. The van der Waals surface area contributed by atoms with Gasteiger partial charge in [-0.05, 0) is 30.7 Å². The number of thioether (sulfide) groups is 1. The van der Waals surface area contributed by atoms with Gasteiger partial charge in [-0.15, -0.1) is 22.7 Å². The number of benzene rings is 1. The summed E-state index contributed by atoms with van der Waals surface area (Å²) in [5, 5.41) is 5.30. The van der Waals surface area contributed by atoms with Gasteiger partial charge in [0.05, 0.1) is 16.4 Å². The Labute approximate surface area is 135 Å². The minimum Gasteiger partial charge on any atom is -0.245 e. The van der Waals surface area contributed by atoms with Gasteiger partial charge in [0.15, 0.2) is 4.34 Å². The maximum Gasteiger partial charge on any atom is 0.150 e. The summed E-state index contributed by atoms with van der Waals surface area (Å²) in [6.07, 6.45) is 0.987. The lowest BCUT2D eigenvalue weighted by Crippen LogP contribution is -1.83. The van der Waals surface area contributed by atoms with Gasteiger partial charge in [-0.3, -0.25) is 0 Å². The summed E-state index contributed by atoms with van der Waals surface area (Å²) in [7, 11) is 0. The molecule has 3 rings (SSSR count). The Balaban J connectivity index is 1.66. The second kappa shape index (κ2) is 6.68. The standard InChI is InChI=1S/C15H13FN2S3/c1-2-14-17-12(7-19-14)8-20-15-18-13(9-21-15)10-3-5-11(16)6-4-10/h3-7,9H,2,8H2,1H3. The average Bonchev–Trinajstić information content (AvgIpc) is 3.15. The number of hydrogen-bond acceptors (Lipinski definition) is 5. The van der Waals surface area contributed by atoms with Crippen LogP contribution in [0.5, 0.6) is 0 Å². The molecule has 0 saturated carbocycles. The largest absolute Gasteiger partial charge is 0.245 e. The Hall–Kier alpha value is -1.24. The summed E-state index contributed by atoms with van der Waals surface area (Å²) in [6.45, 7) is 2.12. The molecule has 0 spiro atoms. The molecule has 2 heterocycles. The zero-order valence-corrected chi connectivity index (χ0v) is 13.8. The summed E-state index contributed by atoms with van der Waals surface area (Å²) in [5.74, 6) is 0.617. The van der Waals surface area contributed by atoms with E-state index in [-0.39, 0.29) is 5.82 Å². The van der Waals surface area contributed by atoms with E-state index in [0.717, 1.165) is 33.5 Å². The second-order valence-corrected chi connectivity index (χ2v) is 7.40. The minimum absolute atomic E-state index is 0.223. The van der Waals surface area contributed by atoms with Crippen LogP contribution in [-0.2, 0) is 12.2 Å². The topological polar surface area (TPSA) is 25.8 Å². The van der Waals surface area contributed by atoms with Crippen LogP contribution in [0.3, 0.4) is 0 Å². The molecule has 1 aromatic carbocycles. The highest BCUT2D eigenvalue weighted by Crippen LogP contribution is 2.30. The van der Waals surface area contributed by atoms with Crippen molar-refractivity contribution < 1.29 is 4.39 Å². The van der Waals surface area contributed by atoms with Crippen LogP contribution in [0.2, 0.25) is 0 Å². The van der Waals surface area contributed by atoms with Gasteiger partial charge in [0.2, 0.25) is 0 Å². The molecule has 0 N–H and O–H groups in total. The summed E-state index contributed by atoms with van der Waals surface area (Å²) < 4.78 is 13.9. The fourth-order valence-corrected chi connectivity index (χ4v) is 4.37. The van der Waals surface area contributed by atoms with E-state index < -0.39 is 0 Å². The van der Waals surface area contributed by atoms with E-state index in [1.807, 2.05) is 5.38 Å². The van der Waals surface area contributed by atoms with Crippen molar-refractivity contribution in [2.75, 3.05) is 0 Å². The molecule has 0 amide bonds. The van der Waals surface area contributed by atoms with Crippen LogP contribution < -0.4 is 0 Å². The Kier molecular flexibility index (Phi) is 4.67. The van der Waals surface area contributed by atoms with Gasteiger partial charge in [0.25, 0.3) is 0 Å². The van der Waals surface area contributed by atoms with E-state index >= 15 is 0 Å². The molecule has 21 heavy (non-hydrogen) atoms. The van der Waals surface area contributed by atoms with Crippen LogP contribution in [0.1, 0.15) is 17.6 Å².